The minimum Gasteiger partial charge on any atom is -0.494 e. The number of aromatic nitrogens is 4. The van der Waals surface area contributed by atoms with Crippen molar-refractivity contribution in [2.24, 2.45) is 0 Å². The molecular weight excluding hydrogens is 556 g/mol. The molecule has 0 saturated heterocycles. The Balaban J connectivity index is 1.43. The molecule has 1 aliphatic heterocycles. The molecule has 1 aliphatic rings. The predicted molar refractivity (Wildman–Crippen MR) is 174 cm³/mol. The summed E-state index contributed by atoms with van der Waals surface area (Å²) in [5, 5.41) is 7.36. The van der Waals surface area contributed by atoms with Crippen LogP contribution in [0.5, 0.6) is 5.75 Å². The van der Waals surface area contributed by atoms with E-state index in [0.29, 0.717) is 29.0 Å². The summed E-state index contributed by atoms with van der Waals surface area (Å²) in [5.74, 6) is 1.19. The summed E-state index contributed by atoms with van der Waals surface area (Å²) in [6.07, 6.45) is 8.29. The van der Waals surface area contributed by atoms with Gasteiger partial charge in [-0.3, -0.25) is 4.79 Å². The lowest BCUT2D eigenvalue weighted by Crippen LogP contribution is -2.29. The van der Waals surface area contributed by atoms with Gasteiger partial charge in [-0.15, -0.1) is 0 Å². The Kier molecular flexibility index (Phi) is 8.03. The molecule has 0 spiro atoms. The summed E-state index contributed by atoms with van der Waals surface area (Å²) >= 11 is 0. The number of nitrogens with one attached hydrogen (secondary N) is 2. The number of hydrogen-bond acceptors (Lipinski definition) is 9. The van der Waals surface area contributed by atoms with Crippen LogP contribution in [0.4, 0.5) is 23.0 Å². The lowest BCUT2D eigenvalue weighted by Gasteiger charge is -2.26. The zero-order valence-electron chi connectivity index (χ0n) is 25.4. The molecule has 6 rings (SSSR count). The van der Waals surface area contributed by atoms with Crippen LogP contribution in [-0.2, 0) is 17.8 Å². The van der Waals surface area contributed by atoms with Gasteiger partial charge in [-0.25, -0.2) is 15.0 Å². The molecule has 11 heteroatoms. The number of oxazole rings is 1. The van der Waals surface area contributed by atoms with Gasteiger partial charge in [0.15, 0.2) is 0 Å². The lowest BCUT2D eigenvalue weighted by molar-refractivity contribution is -0.111. The van der Waals surface area contributed by atoms with Crippen LogP contribution in [0.15, 0.2) is 72.1 Å². The Hall–Kier alpha value is -5.16. The molecule has 2 aromatic carbocycles. The fraction of sp³-hybridized carbons (Fsp3) is 0.273. The molecule has 0 atom stereocenters. The van der Waals surface area contributed by atoms with Gasteiger partial charge in [-0.2, -0.15) is 0 Å². The second kappa shape index (κ2) is 12.2. The van der Waals surface area contributed by atoms with E-state index in [1.165, 1.54) is 17.2 Å². The SMILES string of the molecule is C=CC(=O)Nc1cc(Nc2nccc(-c3c(-c4ncco4)n4c5c(cccc35)CCC4)n2)c(OC)cc1N(C)CCN(C)C. The number of benzene rings is 2. The van der Waals surface area contributed by atoms with Crippen LogP contribution in [0.1, 0.15) is 12.0 Å². The van der Waals surface area contributed by atoms with Crippen LogP contribution in [0.3, 0.4) is 0 Å². The summed E-state index contributed by atoms with van der Waals surface area (Å²) in [6, 6.07) is 12.0. The molecule has 1 amide bonds. The van der Waals surface area contributed by atoms with Crippen molar-refractivity contribution in [3.63, 3.8) is 0 Å². The van der Waals surface area contributed by atoms with E-state index in [1.54, 1.807) is 25.8 Å². The number of carbonyl (C=O) groups is 1. The largest absolute Gasteiger partial charge is 0.494 e. The number of amides is 1. The van der Waals surface area contributed by atoms with E-state index in [-0.39, 0.29) is 5.91 Å². The zero-order chi connectivity index (χ0) is 30.8. The zero-order valence-corrected chi connectivity index (χ0v) is 25.4. The summed E-state index contributed by atoms with van der Waals surface area (Å²) in [4.78, 5) is 30.6. The highest BCUT2D eigenvalue weighted by atomic mass is 16.5. The molecule has 5 aromatic rings. The van der Waals surface area contributed by atoms with Crippen molar-refractivity contribution in [3.8, 4) is 28.6 Å². The van der Waals surface area contributed by atoms with Crippen molar-refractivity contribution >= 4 is 39.8 Å². The average molecular weight is 593 g/mol. The minimum atomic E-state index is -0.311. The lowest BCUT2D eigenvalue weighted by atomic mass is 10.0. The van der Waals surface area contributed by atoms with E-state index < -0.39 is 0 Å². The molecule has 226 valence electrons. The predicted octanol–water partition coefficient (Wildman–Crippen LogP) is 5.57. The van der Waals surface area contributed by atoms with Gasteiger partial charge in [0.2, 0.25) is 17.7 Å². The van der Waals surface area contributed by atoms with Gasteiger partial charge in [0.25, 0.3) is 0 Å². The molecule has 0 fully saturated rings. The number of ether oxygens (including phenoxy) is 1. The number of carbonyl (C=O) groups excluding carboxylic acids is 1. The van der Waals surface area contributed by atoms with Gasteiger partial charge in [-0.1, -0.05) is 24.8 Å². The second-order valence-corrected chi connectivity index (χ2v) is 11.0. The number of aryl methyl sites for hydroxylation is 2. The quantitative estimate of drug-likeness (QED) is 0.190. The molecule has 11 nitrogen and oxygen atoms in total. The third-order valence-electron chi connectivity index (χ3n) is 7.84. The van der Waals surface area contributed by atoms with Crippen molar-refractivity contribution < 1.29 is 13.9 Å². The van der Waals surface area contributed by atoms with Crippen LogP contribution < -0.4 is 20.3 Å². The Morgan fingerprint density at radius 2 is 2.00 bits per heavy atom. The number of hydrogen-bond donors (Lipinski definition) is 2. The van der Waals surface area contributed by atoms with E-state index in [4.69, 9.17) is 14.1 Å². The third kappa shape index (κ3) is 5.49. The first-order valence-corrected chi connectivity index (χ1v) is 14.5. The van der Waals surface area contributed by atoms with Gasteiger partial charge in [0.05, 0.1) is 41.6 Å². The highest BCUT2D eigenvalue weighted by Crippen LogP contribution is 2.43. The number of nitrogens with zero attached hydrogens (tertiary/aromatic N) is 6. The normalized spacial score (nSPS) is 12.4. The van der Waals surface area contributed by atoms with Gasteiger partial charge in [-0.05, 0) is 50.7 Å². The number of anilines is 4. The van der Waals surface area contributed by atoms with Crippen LogP contribution in [0.2, 0.25) is 0 Å². The van der Waals surface area contributed by atoms with Crippen LogP contribution >= 0.6 is 0 Å². The Morgan fingerprint density at radius 3 is 2.75 bits per heavy atom. The maximum atomic E-state index is 12.4. The van der Waals surface area contributed by atoms with Gasteiger partial charge >= 0.3 is 0 Å². The molecule has 3 aromatic heterocycles. The van der Waals surface area contributed by atoms with E-state index in [0.717, 1.165) is 60.5 Å². The second-order valence-electron chi connectivity index (χ2n) is 11.0. The fourth-order valence-electron chi connectivity index (χ4n) is 5.75. The summed E-state index contributed by atoms with van der Waals surface area (Å²) < 4.78 is 13.9. The monoisotopic (exact) mass is 592 g/mol. The first-order valence-electron chi connectivity index (χ1n) is 14.5. The van der Waals surface area contributed by atoms with E-state index in [9.17, 15) is 4.79 Å². The van der Waals surface area contributed by atoms with Crippen LogP contribution in [0.25, 0.3) is 33.7 Å². The van der Waals surface area contributed by atoms with E-state index >= 15 is 0 Å². The topological polar surface area (TPSA) is 114 Å². The highest BCUT2D eigenvalue weighted by Gasteiger charge is 2.27. The smallest absolute Gasteiger partial charge is 0.247 e. The molecule has 0 aliphatic carbocycles. The molecule has 0 radical (unpaired) electrons. The van der Waals surface area contributed by atoms with Gasteiger partial charge in [0, 0.05) is 49.9 Å². The van der Waals surface area contributed by atoms with Crippen molar-refractivity contribution in [2.75, 3.05) is 56.9 Å². The maximum absolute atomic E-state index is 12.4. The van der Waals surface area contributed by atoms with Crippen LogP contribution in [-0.4, -0.2) is 71.7 Å². The Labute approximate surface area is 256 Å². The molecule has 0 bridgehead atoms. The molecular formula is C33H36N8O3. The Bertz CT molecular complexity index is 1830. The van der Waals surface area contributed by atoms with Gasteiger partial charge in [0.1, 0.15) is 17.7 Å². The van der Waals surface area contributed by atoms with Crippen molar-refractivity contribution in [2.45, 2.75) is 19.4 Å². The third-order valence-corrected chi connectivity index (χ3v) is 7.84. The van der Waals surface area contributed by atoms with Crippen molar-refractivity contribution in [1.82, 2.24) is 24.4 Å². The van der Waals surface area contributed by atoms with Crippen molar-refractivity contribution in [1.29, 1.82) is 0 Å². The first-order chi connectivity index (χ1) is 21.4. The summed E-state index contributed by atoms with van der Waals surface area (Å²) in [5.41, 5.74) is 7.09. The molecule has 0 unspecified atom stereocenters. The molecule has 0 saturated carbocycles. The Morgan fingerprint density at radius 1 is 1.14 bits per heavy atom. The number of likely N-dealkylation sites (N-methyl/N-ethyl adjacent to an activating group) is 2. The first kappa shape index (κ1) is 28.9. The number of para-hydroxylation sites is 1. The summed E-state index contributed by atoms with van der Waals surface area (Å²) in [6.45, 7) is 6.06. The number of methoxy groups -OCH3 is 1. The summed E-state index contributed by atoms with van der Waals surface area (Å²) in [7, 11) is 7.63. The fourth-order valence-corrected chi connectivity index (χ4v) is 5.75. The highest BCUT2D eigenvalue weighted by molar-refractivity contribution is 6.04. The average Bonchev–Trinajstić information content (AvgIpc) is 3.68. The maximum Gasteiger partial charge on any atom is 0.247 e. The number of rotatable bonds is 11. The van der Waals surface area contributed by atoms with Crippen molar-refractivity contribution in [3.05, 3.63) is 73.3 Å². The van der Waals surface area contributed by atoms with E-state index in [1.807, 2.05) is 39.3 Å². The molecule has 44 heavy (non-hydrogen) atoms. The van der Waals surface area contributed by atoms with Gasteiger partial charge < -0.3 is 34.2 Å². The van der Waals surface area contributed by atoms with E-state index in [2.05, 4.69) is 59.7 Å². The standard InChI is InChI=1S/C33H36N8O3/c1-6-28(42)36-24-19-25(27(43-5)20-26(24)40(4)17-16-39(2)3)38-33-35-13-12-23(37-33)29-22-11-7-9-21-10-8-15-41(30(21)22)31(29)32-34-14-18-44-32/h6-7,9,11-14,18-20H,1,8,10,15-17H2,2-5H3,(H,36,42)(H,35,37,38). The molecule has 2 N–H and O–H groups in total. The minimum absolute atomic E-state index is 0.311. The van der Waals surface area contributed by atoms with Crippen LogP contribution in [0, 0.1) is 0 Å². The molecule has 4 heterocycles.